The van der Waals surface area contributed by atoms with E-state index in [-0.39, 0.29) is 12.3 Å². The van der Waals surface area contributed by atoms with Gasteiger partial charge in [-0.1, -0.05) is 35.9 Å². The van der Waals surface area contributed by atoms with E-state index in [9.17, 15) is 18.3 Å². The summed E-state index contributed by atoms with van der Waals surface area (Å²) < 4.78 is 25.9. The second kappa shape index (κ2) is 9.84. The number of carbonyl (C=O) groups excluding carboxylic acids is 1. The second-order valence-corrected chi connectivity index (χ2v) is 9.44. The second-order valence-electron chi connectivity index (χ2n) is 7.10. The summed E-state index contributed by atoms with van der Waals surface area (Å²) in [6.07, 6.45) is 1.13. The highest BCUT2D eigenvalue weighted by Gasteiger charge is 2.18. The first-order chi connectivity index (χ1) is 15.1. The molecule has 166 valence electrons. The molecular formula is C23H22ClN3O4S. The van der Waals surface area contributed by atoms with Crippen molar-refractivity contribution in [2.24, 2.45) is 5.10 Å². The van der Waals surface area contributed by atoms with Crippen LogP contribution < -0.4 is 9.73 Å². The monoisotopic (exact) mass is 471 g/mol. The average molecular weight is 472 g/mol. The number of hydrazone groups is 1. The molecule has 9 heteroatoms. The summed E-state index contributed by atoms with van der Waals surface area (Å²) in [5.41, 5.74) is 4.90. The standard InChI is InChI=1S/C23H22ClN3O4S/c1-16(21-5-3-4-6-22(21)28)25-26-23(29)18-9-13-20(14-10-18)27(32(2,30)31)15-17-7-11-19(24)12-8-17/h3-14,28H,15H2,1-2H3,(H,26,29)/b25-16+. The first kappa shape index (κ1) is 23.3. The van der Waals surface area contributed by atoms with Gasteiger partial charge < -0.3 is 5.11 Å². The lowest BCUT2D eigenvalue weighted by Crippen LogP contribution is -2.29. The lowest BCUT2D eigenvalue weighted by molar-refractivity contribution is 0.0955. The van der Waals surface area contributed by atoms with Crippen LogP contribution in [0.2, 0.25) is 5.02 Å². The summed E-state index contributed by atoms with van der Waals surface area (Å²) in [6.45, 7) is 1.80. The number of anilines is 1. The van der Waals surface area contributed by atoms with Gasteiger partial charge in [-0.05, 0) is 61.0 Å². The molecule has 0 atom stereocenters. The third-order valence-electron chi connectivity index (χ3n) is 4.68. The number of nitrogens with zero attached hydrogens (tertiary/aromatic N) is 2. The molecule has 0 bridgehead atoms. The van der Waals surface area contributed by atoms with Crippen molar-refractivity contribution in [1.82, 2.24) is 5.43 Å². The maximum absolute atomic E-state index is 12.4. The molecular weight excluding hydrogens is 450 g/mol. The molecule has 0 radical (unpaired) electrons. The van der Waals surface area contributed by atoms with Crippen LogP contribution in [-0.2, 0) is 16.6 Å². The number of carbonyl (C=O) groups is 1. The third-order valence-corrected chi connectivity index (χ3v) is 6.07. The van der Waals surface area contributed by atoms with Gasteiger partial charge >= 0.3 is 0 Å². The molecule has 1 amide bonds. The minimum absolute atomic E-state index is 0.0638. The molecule has 0 saturated heterocycles. The van der Waals surface area contributed by atoms with E-state index in [2.05, 4.69) is 10.5 Å². The molecule has 0 saturated carbocycles. The lowest BCUT2D eigenvalue weighted by Gasteiger charge is -2.22. The van der Waals surface area contributed by atoms with E-state index in [4.69, 9.17) is 11.6 Å². The number of aromatic hydroxyl groups is 1. The summed E-state index contributed by atoms with van der Waals surface area (Å²) in [7, 11) is -3.56. The highest BCUT2D eigenvalue weighted by atomic mass is 35.5. The topological polar surface area (TPSA) is 99.1 Å². The molecule has 3 aromatic carbocycles. The Bertz CT molecular complexity index is 1240. The summed E-state index contributed by atoms with van der Waals surface area (Å²) in [6, 6.07) is 19.8. The molecule has 0 aliphatic carbocycles. The first-order valence-electron chi connectivity index (χ1n) is 9.60. The van der Waals surface area contributed by atoms with Crippen molar-refractivity contribution >= 4 is 38.9 Å². The maximum Gasteiger partial charge on any atom is 0.271 e. The number of amides is 1. The van der Waals surface area contributed by atoms with Gasteiger partial charge in [0.05, 0.1) is 24.2 Å². The van der Waals surface area contributed by atoms with E-state index in [0.717, 1.165) is 11.8 Å². The first-order valence-corrected chi connectivity index (χ1v) is 11.8. The van der Waals surface area contributed by atoms with Crippen LogP contribution in [0.3, 0.4) is 0 Å². The molecule has 2 N–H and O–H groups in total. The molecule has 3 rings (SSSR count). The van der Waals surface area contributed by atoms with Crippen molar-refractivity contribution in [3.8, 4) is 5.75 Å². The van der Waals surface area contributed by atoms with E-state index in [0.29, 0.717) is 27.5 Å². The Morgan fingerprint density at radius 1 is 1.03 bits per heavy atom. The Kier molecular flexibility index (Phi) is 7.17. The van der Waals surface area contributed by atoms with Gasteiger partial charge in [-0.2, -0.15) is 5.10 Å². The Labute approximate surface area is 192 Å². The highest BCUT2D eigenvalue weighted by Crippen LogP contribution is 2.22. The van der Waals surface area contributed by atoms with E-state index in [1.807, 2.05) is 0 Å². The van der Waals surface area contributed by atoms with Gasteiger partial charge in [0.25, 0.3) is 5.91 Å². The fourth-order valence-corrected chi connectivity index (χ4v) is 3.99. The number of phenols is 1. The van der Waals surface area contributed by atoms with Crippen LogP contribution in [0, 0.1) is 0 Å². The highest BCUT2D eigenvalue weighted by molar-refractivity contribution is 7.92. The molecule has 3 aromatic rings. The van der Waals surface area contributed by atoms with E-state index >= 15 is 0 Å². The molecule has 0 aliphatic rings. The van der Waals surface area contributed by atoms with Crippen LogP contribution in [0.25, 0.3) is 0 Å². The van der Waals surface area contributed by atoms with Gasteiger partial charge in [0.2, 0.25) is 10.0 Å². The third kappa shape index (κ3) is 5.87. The normalized spacial score (nSPS) is 11.8. The molecule has 0 aliphatic heterocycles. The number of benzene rings is 3. The van der Waals surface area contributed by atoms with E-state index in [1.54, 1.807) is 61.5 Å². The minimum Gasteiger partial charge on any atom is -0.507 e. The average Bonchev–Trinajstić information content (AvgIpc) is 2.76. The molecule has 32 heavy (non-hydrogen) atoms. The largest absolute Gasteiger partial charge is 0.507 e. The fraction of sp³-hybridized carbons (Fsp3) is 0.130. The van der Waals surface area contributed by atoms with Crippen LogP contribution in [0.5, 0.6) is 5.75 Å². The summed E-state index contributed by atoms with van der Waals surface area (Å²) in [5, 5.41) is 14.5. The zero-order valence-corrected chi connectivity index (χ0v) is 19.1. The lowest BCUT2D eigenvalue weighted by atomic mass is 10.1. The van der Waals surface area contributed by atoms with Gasteiger partial charge in [0.15, 0.2) is 0 Å². The number of nitrogens with one attached hydrogen (secondary N) is 1. The number of halogens is 1. The fourth-order valence-electron chi connectivity index (χ4n) is 2.97. The number of sulfonamides is 1. The van der Waals surface area contributed by atoms with Crippen molar-refractivity contribution in [2.75, 3.05) is 10.6 Å². The Morgan fingerprint density at radius 2 is 1.66 bits per heavy atom. The van der Waals surface area contributed by atoms with Crippen molar-refractivity contribution < 1.29 is 18.3 Å². The summed E-state index contributed by atoms with van der Waals surface area (Å²) in [5.74, 6) is -0.399. The van der Waals surface area contributed by atoms with Crippen LogP contribution in [0.4, 0.5) is 5.69 Å². The van der Waals surface area contributed by atoms with Gasteiger partial charge in [-0.15, -0.1) is 0 Å². The Balaban J connectivity index is 1.76. The van der Waals surface area contributed by atoms with Gasteiger partial charge in [0.1, 0.15) is 5.75 Å². The molecule has 0 fully saturated rings. The van der Waals surface area contributed by atoms with Gasteiger partial charge in [-0.25, -0.2) is 13.8 Å². The van der Waals surface area contributed by atoms with E-state index in [1.165, 1.54) is 22.5 Å². The predicted octanol–water partition coefficient (Wildman–Crippen LogP) is 4.17. The smallest absolute Gasteiger partial charge is 0.271 e. The SMILES string of the molecule is C/C(=N\NC(=O)c1ccc(N(Cc2ccc(Cl)cc2)S(C)(=O)=O)cc1)c1ccccc1O. The molecule has 0 unspecified atom stereocenters. The number of hydrogen-bond acceptors (Lipinski definition) is 5. The zero-order chi connectivity index (χ0) is 23.3. The van der Waals surface area contributed by atoms with Crippen molar-refractivity contribution in [1.29, 1.82) is 0 Å². The quantitative estimate of drug-likeness (QED) is 0.399. The number of para-hydroxylation sites is 1. The van der Waals surface area contributed by atoms with Crippen LogP contribution in [0.1, 0.15) is 28.4 Å². The molecule has 0 heterocycles. The van der Waals surface area contributed by atoms with Gasteiger partial charge in [0, 0.05) is 16.1 Å². The van der Waals surface area contributed by atoms with Crippen LogP contribution in [-0.4, -0.2) is 31.4 Å². The molecule has 7 nitrogen and oxygen atoms in total. The van der Waals surface area contributed by atoms with Gasteiger partial charge in [-0.3, -0.25) is 9.10 Å². The van der Waals surface area contributed by atoms with Crippen molar-refractivity contribution in [3.63, 3.8) is 0 Å². The minimum atomic E-state index is -3.56. The van der Waals surface area contributed by atoms with Crippen LogP contribution in [0.15, 0.2) is 77.9 Å². The van der Waals surface area contributed by atoms with Crippen molar-refractivity contribution in [2.45, 2.75) is 13.5 Å². The Hall–Kier alpha value is -3.36. The van der Waals surface area contributed by atoms with E-state index < -0.39 is 15.9 Å². The molecule has 0 aromatic heterocycles. The van der Waals surface area contributed by atoms with Crippen LogP contribution >= 0.6 is 11.6 Å². The maximum atomic E-state index is 12.4. The zero-order valence-electron chi connectivity index (χ0n) is 17.5. The number of rotatable bonds is 7. The Morgan fingerprint density at radius 3 is 2.25 bits per heavy atom. The summed E-state index contributed by atoms with van der Waals surface area (Å²) in [4.78, 5) is 12.4. The number of phenolic OH excluding ortho intramolecular Hbond substituents is 1. The molecule has 0 spiro atoms. The number of hydrogen-bond donors (Lipinski definition) is 2. The predicted molar refractivity (Wildman–Crippen MR) is 127 cm³/mol. The van der Waals surface area contributed by atoms with Crippen molar-refractivity contribution in [3.05, 3.63) is 94.5 Å². The summed E-state index contributed by atoms with van der Waals surface area (Å²) >= 11 is 5.90.